The molecule has 4 rings (SSSR count). The molecule has 0 saturated heterocycles. The molecule has 0 aliphatic heterocycles. The molecule has 0 atom stereocenters. The first-order valence-electron chi connectivity index (χ1n) is 7.85. The molecule has 3 aliphatic carbocycles. The molecule has 24 heavy (non-hydrogen) atoms. The smallest absolute Gasteiger partial charge is 0.309 e. The van der Waals surface area contributed by atoms with Gasteiger partial charge in [0.05, 0.1) is 10.3 Å². The number of carbonyl (C=O) groups excluding carboxylic acids is 1. The maximum Gasteiger partial charge on any atom is 0.309 e. The van der Waals surface area contributed by atoms with E-state index in [0.717, 1.165) is 0 Å². The van der Waals surface area contributed by atoms with Gasteiger partial charge in [0, 0.05) is 11.1 Å². The van der Waals surface area contributed by atoms with Crippen molar-refractivity contribution >= 4 is 27.6 Å². The molecule has 2 bridgehead atoms. The highest BCUT2D eigenvalue weighted by atomic mass is 32.2. The number of carboxylic acids is 1. The SMILES string of the molecule is NS(=O)(=O)c1ccc(NC(=O)C23CCC(C(=O)O)(CC2)CC3)cc1. The van der Waals surface area contributed by atoms with Gasteiger partial charge in [-0.3, -0.25) is 9.59 Å². The van der Waals surface area contributed by atoms with Crippen molar-refractivity contribution < 1.29 is 23.1 Å². The van der Waals surface area contributed by atoms with Crippen molar-refractivity contribution in [3.8, 4) is 0 Å². The Bertz CT molecular complexity index is 761. The zero-order valence-corrected chi connectivity index (χ0v) is 13.9. The molecule has 0 unspecified atom stereocenters. The van der Waals surface area contributed by atoms with Crippen LogP contribution in [-0.2, 0) is 19.6 Å². The molecular formula is C16H20N2O5S. The summed E-state index contributed by atoms with van der Waals surface area (Å²) < 4.78 is 22.5. The fourth-order valence-corrected chi connectivity index (χ4v) is 4.35. The average molecular weight is 352 g/mol. The Morgan fingerprint density at radius 2 is 1.42 bits per heavy atom. The third-order valence-corrected chi connectivity index (χ3v) is 6.55. The summed E-state index contributed by atoms with van der Waals surface area (Å²) in [6.45, 7) is 0. The van der Waals surface area contributed by atoms with Crippen molar-refractivity contribution in [3.63, 3.8) is 0 Å². The van der Waals surface area contributed by atoms with Crippen molar-refractivity contribution in [3.05, 3.63) is 24.3 Å². The van der Waals surface area contributed by atoms with E-state index in [4.69, 9.17) is 5.14 Å². The minimum Gasteiger partial charge on any atom is -0.481 e. The van der Waals surface area contributed by atoms with E-state index in [-0.39, 0.29) is 10.8 Å². The predicted octanol–water partition coefficient (Wildman–Crippen LogP) is 1.70. The number of aliphatic carboxylic acids is 1. The molecule has 1 aromatic carbocycles. The molecule has 3 saturated carbocycles. The normalized spacial score (nSPS) is 29.2. The summed E-state index contributed by atoms with van der Waals surface area (Å²) in [7, 11) is -3.76. The number of carbonyl (C=O) groups is 2. The van der Waals surface area contributed by atoms with Gasteiger partial charge in [-0.05, 0) is 62.8 Å². The minimum atomic E-state index is -3.76. The van der Waals surface area contributed by atoms with Crippen LogP contribution in [0.3, 0.4) is 0 Å². The van der Waals surface area contributed by atoms with Crippen molar-refractivity contribution in [2.45, 2.75) is 43.4 Å². The van der Waals surface area contributed by atoms with Gasteiger partial charge in [-0.1, -0.05) is 0 Å². The molecule has 0 aromatic heterocycles. The van der Waals surface area contributed by atoms with Crippen LogP contribution in [-0.4, -0.2) is 25.4 Å². The number of fused-ring (bicyclic) bond motifs is 3. The first-order chi connectivity index (χ1) is 11.2. The third kappa shape index (κ3) is 2.80. The predicted molar refractivity (Wildman–Crippen MR) is 86.6 cm³/mol. The van der Waals surface area contributed by atoms with Crippen molar-refractivity contribution in [1.29, 1.82) is 0 Å². The highest BCUT2D eigenvalue weighted by Crippen LogP contribution is 2.57. The van der Waals surface area contributed by atoms with Crippen LogP contribution in [0.1, 0.15) is 38.5 Å². The van der Waals surface area contributed by atoms with Crippen LogP contribution in [0.4, 0.5) is 5.69 Å². The van der Waals surface area contributed by atoms with Crippen LogP contribution in [0.5, 0.6) is 0 Å². The number of rotatable bonds is 4. The van der Waals surface area contributed by atoms with Crippen LogP contribution in [0.15, 0.2) is 29.2 Å². The molecule has 0 spiro atoms. The van der Waals surface area contributed by atoms with Gasteiger partial charge in [-0.25, -0.2) is 13.6 Å². The third-order valence-electron chi connectivity index (χ3n) is 5.62. The molecule has 0 radical (unpaired) electrons. The van der Waals surface area contributed by atoms with Crippen LogP contribution in [0.2, 0.25) is 0 Å². The van der Waals surface area contributed by atoms with E-state index >= 15 is 0 Å². The second kappa shape index (κ2) is 5.56. The fraction of sp³-hybridized carbons (Fsp3) is 0.500. The molecule has 8 heteroatoms. The molecule has 3 aliphatic rings. The first-order valence-corrected chi connectivity index (χ1v) is 9.39. The maximum atomic E-state index is 12.7. The molecule has 7 nitrogen and oxygen atoms in total. The van der Waals surface area contributed by atoms with Gasteiger partial charge >= 0.3 is 5.97 Å². The van der Waals surface area contributed by atoms with E-state index < -0.39 is 26.8 Å². The van der Waals surface area contributed by atoms with Crippen molar-refractivity contribution in [1.82, 2.24) is 0 Å². The number of benzene rings is 1. The second-order valence-corrected chi connectivity index (χ2v) is 8.45. The number of hydrogen-bond donors (Lipinski definition) is 3. The maximum absolute atomic E-state index is 12.7. The zero-order chi connectivity index (χ0) is 17.6. The molecule has 4 N–H and O–H groups in total. The zero-order valence-electron chi connectivity index (χ0n) is 13.1. The van der Waals surface area contributed by atoms with Gasteiger partial charge in [0.25, 0.3) is 0 Å². The molecule has 3 fully saturated rings. The number of primary sulfonamides is 1. The fourth-order valence-electron chi connectivity index (χ4n) is 3.84. The molecular weight excluding hydrogens is 332 g/mol. The van der Waals surface area contributed by atoms with Crippen LogP contribution >= 0.6 is 0 Å². The van der Waals surface area contributed by atoms with Crippen LogP contribution < -0.4 is 10.5 Å². The van der Waals surface area contributed by atoms with Gasteiger partial charge in [-0.15, -0.1) is 0 Å². The van der Waals surface area contributed by atoms with Gasteiger partial charge in [-0.2, -0.15) is 0 Å². The summed E-state index contributed by atoms with van der Waals surface area (Å²) >= 11 is 0. The lowest BCUT2D eigenvalue weighted by atomic mass is 9.53. The average Bonchev–Trinajstić information content (AvgIpc) is 2.56. The Balaban J connectivity index is 1.71. The lowest BCUT2D eigenvalue weighted by molar-refractivity contribution is -0.162. The summed E-state index contributed by atoms with van der Waals surface area (Å²) in [5.41, 5.74) is -0.669. The Hall–Kier alpha value is -1.93. The standard InChI is InChI=1S/C16H20N2O5S/c17-24(22,23)12-3-1-11(2-4-12)18-13(19)15-5-8-16(9-6-15,10-7-15)14(20)21/h1-4H,5-10H2,(H,18,19)(H,20,21)(H2,17,22,23). The molecule has 1 amide bonds. The molecule has 1 aromatic rings. The minimum absolute atomic E-state index is 0.0137. The number of sulfonamides is 1. The number of nitrogens with one attached hydrogen (secondary N) is 1. The second-order valence-electron chi connectivity index (χ2n) is 6.89. The lowest BCUT2D eigenvalue weighted by Gasteiger charge is -2.50. The Kier molecular flexibility index (Phi) is 3.92. The number of hydrogen-bond acceptors (Lipinski definition) is 4. The van der Waals surface area contributed by atoms with E-state index in [1.165, 1.54) is 24.3 Å². The van der Waals surface area contributed by atoms with E-state index in [9.17, 15) is 23.1 Å². The van der Waals surface area contributed by atoms with Gasteiger partial charge in [0.15, 0.2) is 0 Å². The topological polar surface area (TPSA) is 127 Å². The number of anilines is 1. The lowest BCUT2D eigenvalue weighted by Crippen LogP contribution is -2.50. The Morgan fingerprint density at radius 3 is 1.83 bits per heavy atom. The summed E-state index contributed by atoms with van der Waals surface area (Å²) in [5, 5.41) is 17.3. The first kappa shape index (κ1) is 16.9. The molecule has 0 heterocycles. The van der Waals surface area contributed by atoms with Gasteiger partial charge in [0.2, 0.25) is 15.9 Å². The quantitative estimate of drug-likeness (QED) is 0.760. The van der Waals surface area contributed by atoms with E-state index in [1.54, 1.807) is 0 Å². The highest BCUT2D eigenvalue weighted by molar-refractivity contribution is 7.89. The van der Waals surface area contributed by atoms with Crippen molar-refractivity contribution in [2.75, 3.05) is 5.32 Å². The number of nitrogens with two attached hydrogens (primary N) is 1. The van der Waals surface area contributed by atoms with Crippen LogP contribution in [0, 0.1) is 10.8 Å². The summed E-state index contributed by atoms with van der Waals surface area (Å²) in [6.07, 6.45) is 3.29. The van der Waals surface area contributed by atoms with Crippen molar-refractivity contribution in [2.24, 2.45) is 16.0 Å². The Morgan fingerprint density at radius 1 is 0.958 bits per heavy atom. The van der Waals surface area contributed by atoms with Gasteiger partial charge < -0.3 is 10.4 Å². The molecule has 130 valence electrons. The summed E-state index contributed by atoms with van der Waals surface area (Å²) in [6, 6.07) is 5.70. The summed E-state index contributed by atoms with van der Waals surface area (Å²) in [4.78, 5) is 24.1. The monoisotopic (exact) mass is 352 g/mol. The highest BCUT2D eigenvalue weighted by Gasteiger charge is 2.55. The number of amides is 1. The van der Waals surface area contributed by atoms with Crippen LogP contribution in [0.25, 0.3) is 0 Å². The van der Waals surface area contributed by atoms with E-state index in [0.29, 0.717) is 44.2 Å². The largest absolute Gasteiger partial charge is 0.481 e. The van der Waals surface area contributed by atoms with E-state index in [1.807, 2.05) is 0 Å². The number of carboxylic acid groups (broad SMARTS) is 1. The Labute approximate surface area is 140 Å². The van der Waals surface area contributed by atoms with Gasteiger partial charge in [0.1, 0.15) is 0 Å². The van der Waals surface area contributed by atoms with E-state index in [2.05, 4.69) is 5.32 Å². The summed E-state index contributed by atoms with van der Waals surface area (Å²) in [5.74, 6) is -0.876.